The van der Waals surface area contributed by atoms with Crippen molar-refractivity contribution in [3.8, 4) is 17.0 Å². The van der Waals surface area contributed by atoms with Gasteiger partial charge in [-0.15, -0.1) is 11.3 Å². The molecule has 0 bridgehead atoms. The normalized spacial score (nSPS) is 15.3. The smallest absolute Gasteiger partial charge is 0.243 e. The van der Waals surface area contributed by atoms with Crippen molar-refractivity contribution >= 4 is 32.7 Å². The van der Waals surface area contributed by atoms with Crippen LogP contribution in [0.1, 0.15) is 5.56 Å². The van der Waals surface area contributed by atoms with Gasteiger partial charge in [0.05, 0.1) is 37.1 Å². The number of hydrazone groups is 1. The average Bonchev–Trinajstić information content (AvgIpc) is 3.29. The first-order valence-electron chi connectivity index (χ1n) is 9.63. The van der Waals surface area contributed by atoms with Gasteiger partial charge in [0.2, 0.25) is 15.2 Å². The molecule has 31 heavy (non-hydrogen) atoms. The Morgan fingerprint density at radius 3 is 2.71 bits per heavy atom. The molecule has 162 valence electrons. The first kappa shape index (κ1) is 21.4. The van der Waals surface area contributed by atoms with Gasteiger partial charge < -0.3 is 9.47 Å². The number of morpholine rings is 1. The van der Waals surface area contributed by atoms with Crippen molar-refractivity contribution in [1.82, 2.24) is 9.29 Å². The van der Waals surface area contributed by atoms with E-state index in [1.165, 1.54) is 15.6 Å². The van der Waals surface area contributed by atoms with Crippen LogP contribution in [0.3, 0.4) is 0 Å². The molecule has 1 aromatic heterocycles. The van der Waals surface area contributed by atoms with Crippen molar-refractivity contribution in [3.63, 3.8) is 0 Å². The molecule has 1 fully saturated rings. The summed E-state index contributed by atoms with van der Waals surface area (Å²) in [4.78, 5) is 4.78. The van der Waals surface area contributed by atoms with Crippen LogP contribution in [-0.2, 0) is 14.8 Å². The van der Waals surface area contributed by atoms with E-state index < -0.39 is 10.0 Å². The number of hydrogen-bond donors (Lipinski definition) is 1. The lowest BCUT2D eigenvalue weighted by Crippen LogP contribution is -2.40. The molecular formula is C21H22N4O4S2. The van der Waals surface area contributed by atoms with Crippen LogP contribution in [-0.4, -0.2) is 57.3 Å². The summed E-state index contributed by atoms with van der Waals surface area (Å²) in [6.07, 6.45) is 1.69. The molecule has 0 spiro atoms. The number of aromatic nitrogens is 1. The maximum absolute atomic E-state index is 12.9. The molecule has 0 aliphatic carbocycles. The number of methoxy groups -OCH3 is 1. The Hall–Kier alpha value is -2.79. The van der Waals surface area contributed by atoms with Crippen LogP contribution in [0.2, 0.25) is 0 Å². The maximum atomic E-state index is 12.9. The van der Waals surface area contributed by atoms with E-state index in [4.69, 9.17) is 9.47 Å². The Morgan fingerprint density at radius 1 is 1.19 bits per heavy atom. The Morgan fingerprint density at radius 2 is 1.97 bits per heavy atom. The largest absolute Gasteiger partial charge is 0.497 e. The molecule has 2 heterocycles. The zero-order valence-electron chi connectivity index (χ0n) is 16.9. The number of anilines is 1. The van der Waals surface area contributed by atoms with Gasteiger partial charge in [0.15, 0.2) is 0 Å². The van der Waals surface area contributed by atoms with E-state index in [0.29, 0.717) is 37.1 Å². The highest BCUT2D eigenvalue weighted by atomic mass is 32.2. The number of thiazole rings is 1. The second-order valence-electron chi connectivity index (χ2n) is 6.73. The number of sulfonamides is 1. The topological polar surface area (TPSA) is 93.1 Å². The second-order valence-corrected chi connectivity index (χ2v) is 9.52. The molecule has 8 nitrogen and oxygen atoms in total. The fourth-order valence-corrected chi connectivity index (χ4v) is 5.18. The molecule has 1 aliphatic rings. The van der Waals surface area contributed by atoms with Crippen LogP contribution in [0.4, 0.5) is 5.13 Å². The van der Waals surface area contributed by atoms with Gasteiger partial charge in [0, 0.05) is 24.0 Å². The third-order valence-electron chi connectivity index (χ3n) is 4.73. The maximum Gasteiger partial charge on any atom is 0.243 e. The Bertz CT molecular complexity index is 1150. The Balaban J connectivity index is 1.46. The van der Waals surface area contributed by atoms with Crippen molar-refractivity contribution < 1.29 is 17.9 Å². The Labute approximate surface area is 185 Å². The van der Waals surface area contributed by atoms with Crippen molar-refractivity contribution in [2.75, 3.05) is 38.8 Å². The summed E-state index contributed by atoms with van der Waals surface area (Å²) in [6.45, 7) is 1.56. The first-order chi connectivity index (χ1) is 15.1. The van der Waals surface area contributed by atoms with Crippen molar-refractivity contribution in [1.29, 1.82) is 0 Å². The van der Waals surface area contributed by atoms with E-state index in [1.807, 2.05) is 35.7 Å². The molecule has 4 rings (SSSR count). The summed E-state index contributed by atoms with van der Waals surface area (Å²) in [5.41, 5.74) is 5.26. The molecule has 0 radical (unpaired) electrons. The summed E-state index contributed by atoms with van der Waals surface area (Å²) >= 11 is 1.39. The van der Waals surface area contributed by atoms with Gasteiger partial charge in [-0.2, -0.15) is 9.41 Å². The van der Waals surface area contributed by atoms with Crippen LogP contribution in [0.15, 0.2) is 63.9 Å². The van der Waals surface area contributed by atoms with Crippen molar-refractivity contribution in [3.05, 3.63) is 59.5 Å². The van der Waals surface area contributed by atoms with Gasteiger partial charge in [-0.3, -0.25) is 5.43 Å². The van der Waals surface area contributed by atoms with Gasteiger partial charge in [0.25, 0.3) is 0 Å². The average molecular weight is 459 g/mol. The SMILES string of the molecule is COc1ccc(C=NNc2nc(-c3cccc(S(=O)(=O)N4CCOCC4)c3)cs2)cc1. The fourth-order valence-electron chi connectivity index (χ4n) is 3.06. The van der Waals surface area contributed by atoms with Gasteiger partial charge >= 0.3 is 0 Å². The molecule has 10 heteroatoms. The second kappa shape index (κ2) is 9.56. The summed E-state index contributed by atoms with van der Waals surface area (Å²) in [6, 6.07) is 14.4. The number of benzene rings is 2. The lowest BCUT2D eigenvalue weighted by Gasteiger charge is -2.26. The summed E-state index contributed by atoms with van der Waals surface area (Å²) < 4.78 is 37.7. The lowest BCUT2D eigenvalue weighted by atomic mass is 10.2. The minimum absolute atomic E-state index is 0.256. The monoisotopic (exact) mass is 458 g/mol. The molecule has 1 aliphatic heterocycles. The van der Waals surface area contributed by atoms with Gasteiger partial charge in [-0.05, 0) is 42.0 Å². The summed E-state index contributed by atoms with van der Waals surface area (Å²) in [5.74, 6) is 0.785. The molecule has 0 atom stereocenters. The van der Waals surface area contributed by atoms with Crippen LogP contribution < -0.4 is 10.2 Å². The van der Waals surface area contributed by atoms with E-state index in [1.54, 1.807) is 31.5 Å². The van der Waals surface area contributed by atoms with Crippen molar-refractivity contribution in [2.24, 2.45) is 5.10 Å². The third kappa shape index (κ3) is 5.10. The number of nitrogens with zero attached hydrogens (tertiary/aromatic N) is 3. The fraction of sp³-hybridized carbons (Fsp3) is 0.238. The van der Waals surface area contributed by atoms with Crippen LogP contribution in [0, 0.1) is 0 Å². The summed E-state index contributed by atoms with van der Waals surface area (Å²) in [7, 11) is -1.93. The van der Waals surface area contributed by atoms with Crippen molar-refractivity contribution in [2.45, 2.75) is 4.90 Å². The predicted molar refractivity (Wildman–Crippen MR) is 121 cm³/mol. The van der Waals surface area contributed by atoms with E-state index in [-0.39, 0.29) is 4.90 Å². The highest BCUT2D eigenvalue weighted by molar-refractivity contribution is 7.89. The zero-order chi connectivity index (χ0) is 21.7. The minimum atomic E-state index is -3.55. The molecule has 2 aromatic carbocycles. The van der Waals surface area contributed by atoms with Gasteiger partial charge in [0.1, 0.15) is 5.75 Å². The predicted octanol–water partition coefficient (Wildman–Crippen LogP) is 3.29. The highest BCUT2D eigenvalue weighted by Gasteiger charge is 2.26. The molecule has 0 unspecified atom stereocenters. The van der Waals surface area contributed by atoms with Gasteiger partial charge in [-0.1, -0.05) is 12.1 Å². The molecular weight excluding hydrogens is 436 g/mol. The molecule has 1 saturated heterocycles. The highest BCUT2D eigenvalue weighted by Crippen LogP contribution is 2.28. The number of nitrogens with one attached hydrogen (secondary N) is 1. The zero-order valence-corrected chi connectivity index (χ0v) is 18.5. The quantitative estimate of drug-likeness (QED) is 0.431. The first-order valence-corrected chi connectivity index (χ1v) is 12.0. The van der Waals surface area contributed by atoms with Crippen LogP contribution in [0.25, 0.3) is 11.3 Å². The minimum Gasteiger partial charge on any atom is -0.497 e. The molecule has 1 N–H and O–H groups in total. The Kier molecular flexibility index (Phi) is 6.62. The third-order valence-corrected chi connectivity index (χ3v) is 7.37. The van der Waals surface area contributed by atoms with E-state index in [9.17, 15) is 8.42 Å². The van der Waals surface area contributed by atoms with E-state index >= 15 is 0 Å². The lowest BCUT2D eigenvalue weighted by molar-refractivity contribution is 0.0730. The van der Waals surface area contributed by atoms with Crippen LogP contribution in [0.5, 0.6) is 5.75 Å². The standard InChI is InChI=1S/C21H22N4O4S2/c1-28-18-7-5-16(6-8-18)14-22-24-21-23-20(15-30-21)17-3-2-4-19(13-17)31(26,27)25-9-11-29-12-10-25/h2-8,13-15H,9-12H2,1H3,(H,23,24). The summed E-state index contributed by atoms with van der Waals surface area (Å²) in [5, 5.41) is 6.69. The number of hydrogen-bond acceptors (Lipinski definition) is 8. The number of rotatable bonds is 7. The molecule has 0 saturated carbocycles. The van der Waals surface area contributed by atoms with Gasteiger partial charge in [-0.25, -0.2) is 13.4 Å². The molecule has 3 aromatic rings. The molecule has 0 amide bonds. The van der Waals surface area contributed by atoms with E-state index in [2.05, 4.69) is 15.5 Å². The van der Waals surface area contributed by atoms with E-state index in [0.717, 1.165) is 16.9 Å². The van der Waals surface area contributed by atoms with Crippen LogP contribution >= 0.6 is 11.3 Å². The number of ether oxygens (including phenoxy) is 2.